The summed E-state index contributed by atoms with van der Waals surface area (Å²) < 4.78 is 13.2. The number of aliphatic hydroxyl groups is 1. The van der Waals surface area contributed by atoms with Gasteiger partial charge in [-0.3, -0.25) is 9.59 Å². The summed E-state index contributed by atoms with van der Waals surface area (Å²) in [5.74, 6) is -1.53. The van der Waals surface area contributed by atoms with E-state index in [1.807, 2.05) is 0 Å². The molecule has 0 bridgehead atoms. The highest BCUT2D eigenvalue weighted by atomic mass is 19.1. The summed E-state index contributed by atoms with van der Waals surface area (Å²) in [5.41, 5.74) is 4.73. The molecule has 0 spiro atoms. The van der Waals surface area contributed by atoms with Crippen LogP contribution in [0.25, 0.3) is 5.57 Å². The second kappa shape index (κ2) is 6.27. The highest BCUT2D eigenvalue weighted by molar-refractivity contribution is 5.95. The Balaban J connectivity index is 2.14. The molecule has 2 rings (SSSR count). The lowest BCUT2D eigenvalue weighted by atomic mass is 9.92. The molecular formula is C16H19FN2O3. The first kappa shape index (κ1) is 16.2. The average Bonchev–Trinajstić information content (AvgIpc) is 2.47. The molecule has 0 radical (unpaired) electrons. The van der Waals surface area contributed by atoms with Gasteiger partial charge in [0.2, 0.25) is 5.91 Å². The molecule has 2 amide bonds. The van der Waals surface area contributed by atoms with E-state index in [-0.39, 0.29) is 24.7 Å². The highest BCUT2D eigenvalue weighted by Gasteiger charge is 2.39. The number of amides is 2. The summed E-state index contributed by atoms with van der Waals surface area (Å²) in [6.07, 6.45) is 2.12. The molecule has 22 heavy (non-hydrogen) atoms. The zero-order valence-corrected chi connectivity index (χ0v) is 12.4. The average molecular weight is 306 g/mol. The maximum absolute atomic E-state index is 13.2. The van der Waals surface area contributed by atoms with E-state index in [1.54, 1.807) is 19.1 Å². The van der Waals surface area contributed by atoms with Gasteiger partial charge in [0.25, 0.3) is 5.91 Å². The van der Waals surface area contributed by atoms with Gasteiger partial charge >= 0.3 is 0 Å². The molecule has 6 heteroatoms. The van der Waals surface area contributed by atoms with Crippen molar-refractivity contribution in [3.63, 3.8) is 0 Å². The molecule has 118 valence electrons. The number of halogens is 1. The second-order valence-electron chi connectivity index (χ2n) is 5.60. The van der Waals surface area contributed by atoms with E-state index in [1.165, 1.54) is 23.1 Å². The van der Waals surface area contributed by atoms with E-state index in [9.17, 15) is 19.1 Å². The summed E-state index contributed by atoms with van der Waals surface area (Å²) >= 11 is 0. The van der Waals surface area contributed by atoms with E-state index >= 15 is 0 Å². The van der Waals surface area contributed by atoms with Crippen LogP contribution in [0.15, 0.2) is 30.3 Å². The van der Waals surface area contributed by atoms with Crippen molar-refractivity contribution in [1.82, 2.24) is 4.90 Å². The maximum Gasteiger partial charge on any atom is 0.251 e. The van der Waals surface area contributed by atoms with Crippen LogP contribution >= 0.6 is 0 Å². The third kappa shape index (κ3) is 3.51. The van der Waals surface area contributed by atoms with Gasteiger partial charge in [0, 0.05) is 12.6 Å². The number of nitrogens with two attached hydrogens (primary N) is 1. The molecule has 1 saturated heterocycles. The third-order valence-electron chi connectivity index (χ3n) is 3.86. The molecular weight excluding hydrogens is 287 g/mol. The van der Waals surface area contributed by atoms with Crippen molar-refractivity contribution in [3.8, 4) is 0 Å². The van der Waals surface area contributed by atoms with Gasteiger partial charge in [-0.05, 0) is 43.0 Å². The fourth-order valence-electron chi connectivity index (χ4n) is 2.52. The zero-order chi connectivity index (χ0) is 16.3. The maximum atomic E-state index is 13.2. The van der Waals surface area contributed by atoms with E-state index in [0.29, 0.717) is 24.1 Å². The summed E-state index contributed by atoms with van der Waals surface area (Å²) in [6, 6.07) is 5.95. The first-order chi connectivity index (χ1) is 10.3. The van der Waals surface area contributed by atoms with Crippen molar-refractivity contribution >= 4 is 17.4 Å². The Kier molecular flexibility index (Phi) is 4.61. The quantitative estimate of drug-likeness (QED) is 0.819. The molecule has 0 aromatic heterocycles. The molecule has 0 saturated carbocycles. The first-order valence-corrected chi connectivity index (χ1v) is 7.07. The van der Waals surface area contributed by atoms with Crippen molar-refractivity contribution in [2.45, 2.75) is 25.4 Å². The van der Waals surface area contributed by atoms with Crippen LogP contribution in [0, 0.1) is 5.82 Å². The number of hydrogen-bond donors (Lipinski definition) is 2. The molecule has 1 unspecified atom stereocenters. The number of carbonyl (C=O) groups is 2. The fraction of sp³-hybridized carbons (Fsp3) is 0.375. The van der Waals surface area contributed by atoms with E-state index < -0.39 is 11.5 Å². The van der Waals surface area contributed by atoms with Crippen molar-refractivity contribution in [3.05, 3.63) is 41.7 Å². The minimum absolute atomic E-state index is 0.117. The number of nitrogens with zero attached hydrogens (tertiary/aromatic N) is 1. The Morgan fingerprint density at radius 2 is 2.18 bits per heavy atom. The third-order valence-corrected chi connectivity index (χ3v) is 3.86. The highest BCUT2D eigenvalue weighted by Crippen LogP contribution is 2.22. The zero-order valence-electron chi connectivity index (χ0n) is 12.4. The predicted octanol–water partition coefficient (Wildman–Crippen LogP) is 1.07. The van der Waals surface area contributed by atoms with Gasteiger partial charge < -0.3 is 15.7 Å². The van der Waals surface area contributed by atoms with Crippen LogP contribution in [0.1, 0.15) is 25.3 Å². The Labute approximate surface area is 128 Å². The van der Waals surface area contributed by atoms with Crippen LogP contribution in [0.2, 0.25) is 0 Å². The summed E-state index contributed by atoms with van der Waals surface area (Å²) in [7, 11) is 0. The van der Waals surface area contributed by atoms with Crippen molar-refractivity contribution in [1.29, 1.82) is 0 Å². The number of primary amides is 1. The monoisotopic (exact) mass is 306 g/mol. The van der Waals surface area contributed by atoms with Crippen LogP contribution in [-0.2, 0) is 9.59 Å². The number of benzene rings is 1. The molecule has 3 N–H and O–H groups in total. The number of piperidine rings is 1. The van der Waals surface area contributed by atoms with Gasteiger partial charge in [0.15, 0.2) is 5.60 Å². The molecule has 1 atom stereocenters. The van der Waals surface area contributed by atoms with Crippen LogP contribution in [0.4, 0.5) is 4.39 Å². The number of hydrogen-bond acceptors (Lipinski definition) is 3. The summed E-state index contributed by atoms with van der Waals surface area (Å²) in [5, 5.41) is 10.1. The van der Waals surface area contributed by atoms with E-state index in [2.05, 4.69) is 0 Å². The molecule has 1 aliphatic rings. The largest absolute Gasteiger partial charge is 0.378 e. The van der Waals surface area contributed by atoms with Gasteiger partial charge in [0.05, 0.1) is 6.54 Å². The lowest BCUT2D eigenvalue weighted by Gasteiger charge is -2.36. The smallest absolute Gasteiger partial charge is 0.251 e. The van der Waals surface area contributed by atoms with E-state index in [4.69, 9.17) is 5.73 Å². The molecule has 1 aliphatic heterocycles. The first-order valence-electron chi connectivity index (χ1n) is 7.07. The van der Waals surface area contributed by atoms with Crippen LogP contribution in [0.5, 0.6) is 0 Å². The molecule has 1 aromatic carbocycles. The molecule has 5 nitrogen and oxygen atoms in total. The van der Waals surface area contributed by atoms with Crippen molar-refractivity contribution in [2.75, 3.05) is 13.1 Å². The lowest BCUT2D eigenvalue weighted by molar-refractivity contribution is -0.146. The predicted molar refractivity (Wildman–Crippen MR) is 80.0 cm³/mol. The second-order valence-corrected chi connectivity index (χ2v) is 5.60. The number of rotatable bonds is 3. The van der Waals surface area contributed by atoms with Crippen LogP contribution < -0.4 is 5.73 Å². The molecule has 1 aromatic rings. The van der Waals surface area contributed by atoms with Gasteiger partial charge in [-0.25, -0.2) is 4.39 Å². The normalized spacial score (nSPS) is 22.5. The topological polar surface area (TPSA) is 83.6 Å². The molecule has 0 aliphatic carbocycles. The van der Waals surface area contributed by atoms with Gasteiger partial charge in [-0.1, -0.05) is 12.1 Å². The number of β-amino-alcohol motifs (C(OH)–C–C–N with tert-alkyl or cyclic N) is 1. The SMILES string of the molecule is C/C(=C\C(=O)N1CCCC(O)(C(N)=O)C1)c1cccc(F)c1. The van der Waals surface area contributed by atoms with Gasteiger partial charge in [-0.2, -0.15) is 0 Å². The number of carbonyl (C=O) groups excluding carboxylic acids is 2. The minimum Gasteiger partial charge on any atom is -0.378 e. The van der Waals surface area contributed by atoms with E-state index in [0.717, 1.165) is 0 Å². The van der Waals surface area contributed by atoms with Gasteiger partial charge in [-0.15, -0.1) is 0 Å². The molecule has 1 heterocycles. The van der Waals surface area contributed by atoms with Crippen molar-refractivity contribution < 1.29 is 19.1 Å². The summed E-state index contributed by atoms with van der Waals surface area (Å²) in [6.45, 7) is 2.03. The lowest BCUT2D eigenvalue weighted by Crippen LogP contribution is -2.56. The number of allylic oxidation sites excluding steroid dienone is 1. The number of likely N-dealkylation sites (tertiary alicyclic amines) is 1. The van der Waals surface area contributed by atoms with Gasteiger partial charge in [0.1, 0.15) is 5.82 Å². The fourth-order valence-corrected chi connectivity index (χ4v) is 2.52. The van der Waals surface area contributed by atoms with Crippen molar-refractivity contribution in [2.24, 2.45) is 5.73 Å². The Bertz CT molecular complexity index is 630. The Hall–Kier alpha value is -2.21. The standard InChI is InChI=1S/C16H19FN2O3/c1-11(12-4-2-5-13(17)9-12)8-14(20)19-7-3-6-16(22,10-19)15(18)21/h2,4-5,8-9,22H,3,6-7,10H2,1H3,(H2,18,21)/b11-8+. The summed E-state index contributed by atoms with van der Waals surface area (Å²) in [4.78, 5) is 25.0. The van der Waals surface area contributed by atoms with Crippen LogP contribution in [-0.4, -0.2) is 40.5 Å². The Morgan fingerprint density at radius 3 is 2.82 bits per heavy atom. The Morgan fingerprint density at radius 1 is 1.45 bits per heavy atom. The molecule has 1 fully saturated rings. The minimum atomic E-state index is -1.67. The van der Waals surface area contributed by atoms with Crippen LogP contribution in [0.3, 0.4) is 0 Å².